The summed E-state index contributed by atoms with van der Waals surface area (Å²) in [5.41, 5.74) is 6.55. The molecule has 0 fully saturated rings. The van der Waals surface area contributed by atoms with Gasteiger partial charge in [-0.15, -0.1) is 0 Å². The van der Waals surface area contributed by atoms with Crippen LogP contribution in [0.5, 0.6) is 0 Å². The van der Waals surface area contributed by atoms with Gasteiger partial charge in [0.1, 0.15) is 0 Å². The number of sulfone groups is 1. The molecule has 1 unspecified atom stereocenters. The lowest BCUT2D eigenvalue weighted by atomic mass is 9.99. The summed E-state index contributed by atoms with van der Waals surface area (Å²) < 4.78 is 22.8. The first-order valence-corrected chi connectivity index (χ1v) is 6.72. The molecule has 4 nitrogen and oxygen atoms in total. The van der Waals surface area contributed by atoms with Gasteiger partial charge in [0.25, 0.3) is 0 Å². The summed E-state index contributed by atoms with van der Waals surface area (Å²) in [6.07, 6.45) is 1.16. The van der Waals surface area contributed by atoms with Gasteiger partial charge in [-0.2, -0.15) is 0 Å². The van der Waals surface area contributed by atoms with E-state index in [2.05, 4.69) is 0 Å². The molecule has 0 radical (unpaired) electrons. The Labute approximate surface area is 95.4 Å². The van der Waals surface area contributed by atoms with Crippen LogP contribution >= 0.6 is 0 Å². The molecule has 0 spiro atoms. The largest absolute Gasteiger partial charge is 0.369 e. The van der Waals surface area contributed by atoms with Crippen LogP contribution in [0.4, 0.5) is 0 Å². The molecular weight excluding hydrogens is 226 g/mol. The second-order valence-electron chi connectivity index (χ2n) is 3.92. The molecule has 0 saturated carbocycles. The predicted molar refractivity (Wildman–Crippen MR) is 61.9 cm³/mol. The Hall–Kier alpha value is -1.36. The SMILES string of the molecule is Cc1cc(C(C)C(N)=O)ccc1S(C)(=O)=O. The van der Waals surface area contributed by atoms with Crippen molar-refractivity contribution in [1.82, 2.24) is 0 Å². The number of rotatable bonds is 3. The first-order chi connectivity index (χ1) is 7.23. The number of carbonyl (C=O) groups excluding carboxylic acids is 1. The molecular formula is C11H15NO3S. The van der Waals surface area contributed by atoms with Crippen molar-refractivity contribution in [3.05, 3.63) is 29.3 Å². The molecule has 1 amide bonds. The highest BCUT2D eigenvalue weighted by Gasteiger charge is 2.15. The van der Waals surface area contributed by atoms with Gasteiger partial charge in [0.05, 0.1) is 10.8 Å². The molecule has 0 aliphatic heterocycles. The van der Waals surface area contributed by atoms with E-state index in [1.165, 1.54) is 6.07 Å². The van der Waals surface area contributed by atoms with Crippen molar-refractivity contribution in [2.75, 3.05) is 6.26 Å². The zero-order valence-electron chi connectivity index (χ0n) is 9.52. The number of amides is 1. The number of benzene rings is 1. The lowest BCUT2D eigenvalue weighted by Crippen LogP contribution is -2.19. The maximum absolute atomic E-state index is 11.4. The molecule has 1 atom stereocenters. The zero-order chi connectivity index (χ0) is 12.5. The Balaban J connectivity index is 3.25. The van der Waals surface area contributed by atoms with E-state index < -0.39 is 21.7 Å². The van der Waals surface area contributed by atoms with Crippen molar-refractivity contribution in [2.24, 2.45) is 5.73 Å². The van der Waals surface area contributed by atoms with Gasteiger partial charge in [-0.05, 0) is 31.0 Å². The van der Waals surface area contributed by atoms with Crippen LogP contribution in [0.3, 0.4) is 0 Å². The molecule has 0 aliphatic carbocycles. The van der Waals surface area contributed by atoms with E-state index in [1.54, 1.807) is 26.0 Å². The molecule has 88 valence electrons. The van der Waals surface area contributed by atoms with Gasteiger partial charge < -0.3 is 5.73 Å². The third kappa shape index (κ3) is 2.61. The van der Waals surface area contributed by atoms with E-state index in [-0.39, 0.29) is 4.90 Å². The minimum absolute atomic E-state index is 0.285. The Morgan fingerprint density at radius 1 is 1.38 bits per heavy atom. The molecule has 0 saturated heterocycles. The van der Waals surface area contributed by atoms with E-state index in [0.29, 0.717) is 5.56 Å². The van der Waals surface area contributed by atoms with Crippen LogP contribution in [0, 0.1) is 6.92 Å². The van der Waals surface area contributed by atoms with Gasteiger partial charge in [0.15, 0.2) is 9.84 Å². The third-order valence-corrected chi connectivity index (χ3v) is 3.78. The van der Waals surface area contributed by atoms with Crippen molar-refractivity contribution in [3.8, 4) is 0 Å². The number of primary amides is 1. The standard InChI is InChI=1S/C11H15NO3S/c1-7-6-9(8(2)11(12)13)4-5-10(7)16(3,14)15/h4-6,8H,1-3H3,(H2,12,13). The highest BCUT2D eigenvalue weighted by molar-refractivity contribution is 7.90. The van der Waals surface area contributed by atoms with Gasteiger partial charge in [-0.1, -0.05) is 12.1 Å². The quantitative estimate of drug-likeness (QED) is 0.857. The minimum Gasteiger partial charge on any atom is -0.369 e. The summed E-state index contributed by atoms with van der Waals surface area (Å²) in [4.78, 5) is 11.3. The van der Waals surface area contributed by atoms with E-state index in [1.807, 2.05) is 0 Å². The molecule has 0 aliphatic rings. The Morgan fingerprint density at radius 2 is 1.94 bits per heavy atom. The molecule has 1 aromatic rings. The first kappa shape index (κ1) is 12.7. The first-order valence-electron chi connectivity index (χ1n) is 4.83. The predicted octanol–water partition coefficient (Wildman–Crippen LogP) is 0.987. The van der Waals surface area contributed by atoms with Crippen LogP contribution in [0.15, 0.2) is 23.1 Å². The van der Waals surface area contributed by atoms with Gasteiger partial charge in [-0.25, -0.2) is 8.42 Å². The maximum Gasteiger partial charge on any atom is 0.224 e. The van der Waals surface area contributed by atoms with Crippen LogP contribution in [0.25, 0.3) is 0 Å². The second kappa shape index (κ2) is 4.25. The lowest BCUT2D eigenvalue weighted by molar-refractivity contribution is -0.119. The lowest BCUT2D eigenvalue weighted by Gasteiger charge is -2.10. The summed E-state index contributed by atoms with van der Waals surface area (Å²) in [5.74, 6) is -0.834. The summed E-state index contributed by atoms with van der Waals surface area (Å²) in [7, 11) is -3.21. The average molecular weight is 241 g/mol. The highest BCUT2D eigenvalue weighted by atomic mass is 32.2. The smallest absolute Gasteiger partial charge is 0.224 e. The van der Waals surface area contributed by atoms with Gasteiger partial charge in [0, 0.05) is 6.26 Å². The summed E-state index contributed by atoms with van der Waals surface area (Å²) in [5, 5.41) is 0. The fourth-order valence-electron chi connectivity index (χ4n) is 1.52. The Morgan fingerprint density at radius 3 is 2.31 bits per heavy atom. The fourth-order valence-corrected chi connectivity index (χ4v) is 2.48. The molecule has 2 N–H and O–H groups in total. The van der Waals surface area contributed by atoms with Crippen molar-refractivity contribution >= 4 is 15.7 Å². The zero-order valence-corrected chi connectivity index (χ0v) is 10.3. The molecule has 1 rings (SSSR count). The van der Waals surface area contributed by atoms with Gasteiger partial charge in [0.2, 0.25) is 5.91 Å². The number of aryl methyl sites for hydroxylation is 1. The monoisotopic (exact) mass is 241 g/mol. The van der Waals surface area contributed by atoms with E-state index in [0.717, 1.165) is 11.8 Å². The highest BCUT2D eigenvalue weighted by Crippen LogP contribution is 2.21. The summed E-state index contributed by atoms with van der Waals surface area (Å²) >= 11 is 0. The number of carbonyl (C=O) groups is 1. The topological polar surface area (TPSA) is 77.2 Å². The third-order valence-electron chi connectivity index (χ3n) is 2.53. The van der Waals surface area contributed by atoms with Crippen molar-refractivity contribution in [2.45, 2.75) is 24.7 Å². The van der Waals surface area contributed by atoms with E-state index in [9.17, 15) is 13.2 Å². The van der Waals surface area contributed by atoms with E-state index >= 15 is 0 Å². The van der Waals surface area contributed by atoms with E-state index in [4.69, 9.17) is 5.73 Å². The second-order valence-corrected chi connectivity index (χ2v) is 5.91. The average Bonchev–Trinajstić information content (AvgIpc) is 2.14. The van der Waals surface area contributed by atoms with Crippen LogP contribution < -0.4 is 5.73 Å². The molecule has 0 aromatic heterocycles. The molecule has 0 heterocycles. The summed E-state index contributed by atoms with van der Waals surface area (Å²) in [6.45, 7) is 3.39. The van der Waals surface area contributed by atoms with Crippen molar-refractivity contribution < 1.29 is 13.2 Å². The summed E-state index contributed by atoms with van der Waals surface area (Å²) in [6, 6.07) is 4.82. The number of hydrogen-bond donors (Lipinski definition) is 1. The van der Waals surface area contributed by atoms with Crippen LogP contribution in [-0.2, 0) is 14.6 Å². The normalized spacial score (nSPS) is 13.4. The van der Waals surface area contributed by atoms with Crippen LogP contribution in [0.2, 0.25) is 0 Å². The maximum atomic E-state index is 11.4. The molecule has 16 heavy (non-hydrogen) atoms. The Kier molecular flexibility index (Phi) is 3.38. The van der Waals surface area contributed by atoms with Crippen LogP contribution in [0.1, 0.15) is 24.0 Å². The van der Waals surface area contributed by atoms with Gasteiger partial charge >= 0.3 is 0 Å². The van der Waals surface area contributed by atoms with Crippen molar-refractivity contribution in [3.63, 3.8) is 0 Å². The molecule has 1 aromatic carbocycles. The van der Waals surface area contributed by atoms with Crippen LogP contribution in [-0.4, -0.2) is 20.6 Å². The molecule has 5 heteroatoms. The number of nitrogens with two attached hydrogens (primary N) is 1. The minimum atomic E-state index is -3.21. The molecule has 0 bridgehead atoms. The Bertz CT molecular complexity index is 520. The number of hydrogen-bond acceptors (Lipinski definition) is 3. The van der Waals surface area contributed by atoms with Gasteiger partial charge in [-0.3, -0.25) is 4.79 Å². The van der Waals surface area contributed by atoms with Crippen molar-refractivity contribution in [1.29, 1.82) is 0 Å². The fraction of sp³-hybridized carbons (Fsp3) is 0.364.